The van der Waals surface area contributed by atoms with Crippen molar-refractivity contribution in [1.29, 1.82) is 0 Å². The number of hydrogen-bond donors (Lipinski definition) is 3. The molecule has 3 heterocycles. The van der Waals surface area contributed by atoms with Crippen LogP contribution in [0.25, 0.3) is 0 Å². The number of amides is 5. The van der Waals surface area contributed by atoms with E-state index in [1.807, 2.05) is 30.3 Å². The lowest BCUT2D eigenvalue weighted by Crippen LogP contribution is -2.58. The fraction of sp³-hybridized carbons (Fsp3) is 0.500. The van der Waals surface area contributed by atoms with Crippen LogP contribution < -0.4 is 15.4 Å². The summed E-state index contributed by atoms with van der Waals surface area (Å²) >= 11 is 5.94. The summed E-state index contributed by atoms with van der Waals surface area (Å²) in [5.41, 5.74) is -0.477. The monoisotopic (exact) mass is 783 g/mol. The Morgan fingerprint density at radius 2 is 1.67 bits per heavy atom. The van der Waals surface area contributed by atoms with Gasteiger partial charge >= 0.3 is 12.2 Å². The number of fused-ring (bicyclic) bond motifs is 3. The molecule has 1 saturated carbocycles. The number of rotatable bonds is 5. The molecule has 54 heavy (non-hydrogen) atoms. The van der Waals surface area contributed by atoms with Crippen LogP contribution in [-0.4, -0.2) is 84.0 Å². The molecule has 5 atom stereocenters. The number of carbonyl (C=O) groups excluding carboxylic acids is 5. The van der Waals surface area contributed by atoms with E-state index < -0.39 is 75.2 Å². The van der Waals surface area contributed by atoms with Crippen LogP contribution in [0.5, 0.6) is 0 Å². The number of hydrogen-bond acceptors (Lipinski definition) is 9. The maximum absolute atomic E-state index is 14.4. The molecular formula is C38H46ClN5O9S. The minimum atomic E-state index is -4.34. The summed E-state index contributed by atoms with van der Waals surface area (Å²) in [6.45, 7) is 5.66. The Kier molecular flexibility index (Phi) is 11.3. The van der Waals surface area contributed by atoms with E-state index >= 15 is 0 Å². The molecule has 5 amide bonds. The Morgan fingerprint density at radius 1 is 0.981 bits per heavy atom. The van der Waals surface area contributed by atoms with E-state index in [-0.39, 0.29) is 30.7 Å². The number of halogens is 1. The Balaban J connectivity index is 1.26. The van der Waals surface area contributed by atoms with Gasteiger partial charge in [0.1, 0.15) is 29.3 Å². The molecule has 6 rings (SSSR count). The summed E-state index contributed by atoms with van der Waals surface area (Å²) in [5.74, 6) is -2.75. The normalized spacial score (nSPS) is 25.9. The van der Waals surface area contributed by atoms with Gasteiger partial charge in [-0.1, -0.05) is 60.9 Å². The van der Waals surface area contributed by atoms with Crippen molar-refractivity contribution in [3.63, 3.8) is 0 Å². The van der Waals surface area contributed by atoms with Gasteiger partial charge in [-0.05, 0) is 81.8 Å². The second-order valence-corrected chi connectivity index (χ2v) is 17.4. The van der Waals surface area contributed by atoms with Gasteiger partial charge in [0.2, 0.25) is 11.8 Å². The topological polar surface area (TPSA) is 181 Å². The summed E-state index contributed by atoms with van der Waals surface area (Å²) in [7, 11) is -4.34. The van der Waals surface area contributed by atoms with Crippen LogP contribution in [0.2, 0.25) is 5.02 Å². The van der Waals surface area contributed by atoms with Gasteiger partial charge in [0, 0.05) is 30.5 Å². The number of ether oxygens (including phenoxy) is 2. The molecular weight excluding hydrogens is 738 g/mol. The predicted molar refractivity (Wildman–Crippen MR) is 197 cm³/mol. The zero-order valence-electron chi connectivity index (χ0n) is 30.5. The Labute approximate surface area is 320 Å². The SMILES string of the molecule is CC(C)(C)OC(=O)N[C@@H]1CCCCCC=C[C@@H]2C[C@@]2(C(=O)NS(=O)(=O)c2ccc(Cl)cc2)NC(=O)[C@@H]2C[C@@H](OC(=O)N3Cc4ccccc4C3)CN2C1=O. The minimum Gasteiger partial charge on any atom is -0.444 e. The van der Waals surface area contributed by atoms with Crippen molar-refractivity contribution >= 4 is 51.5 Å². The molecule has 14 nitrogen and oxygen atoms in total. The maximum Gasteiger partial charge on any atom is 0.410 e. The highest BCUT2D eigenvalue weighted by atomic mass is 35.5. The second kappa shape index (κ2) is 15.6. The summed E-state index contributed by atoms with van der Waals surface area (Å²) < 4.78 is 40.0. The number of benzene rings is 2. The summed E-state index contributed by atoms with van der Waals surface area (Å²) in [4.78, 5) is 71.5. The number of nitrogens with zero attached hydrogens (tertiary/aromatic N) is 2. The molecule has 2 aromatic carbocycles. The first kappa shape index (κ1) is 39.1. The number of nitrogens with one attached hydrogen (secondary N) is 3. The molecule has 1 saturated heterocycles. The molecule has 1 aliphatic carbocycles. The van der Waals surface area contributed by atoms with Gasteiger partial charge in [-0.25, -0.2) is 22.7 Å². The summed E-state index contributed by atoms with van der Waals surface area (Å²) in [5, 5.41) is 5.80. The van der Waals surface area contributed by atoms with Crippen molar-refractivity contribution in [2.75, 3.05) is 6.54 Å². The Hall–Kier alpha value is -4.63. The van der Waals surface area contributed by atoms with Gasteiger partial charge in [-0.15, -0.1) is 0 Å². The van der Waals surface area contributed by atoms with Crippen molar-refractivity contribution in [3.8, 4) is 0 Å². The van der Waals surface area contributed by atoms with Crippen molar-refractivity contribution in [2.24, 2.45) is 5.92 Å². The highest BCUT2D eigenvalue weighted by Crippen LogP contribution is 2.46. The zero-order valence-corrected chi connectivity index (χ0v) is 32.1. The molecule has 0 spiro atoms. The minimum absolute atomic E-state index is 0.0927. The maximum atomic E-state index is 14.4. The highest BCUT2D eigenvalue weighted by molar-refractivity contribution is 7.90. The van der Waals surface area contributed by atoms with Crippen molar-refractivity contribution < 1.29 is 41.9 Å². The average molecular weight is 784 g/mol. The fourth-order valence-corrected chi connectivity index (χ4v) is 8.34. The fourth-order valence-electron chi connectivity index (χ4n) is 7.18. The quantitative estimate of drug-likeness (QED) is 0.367. The molecule has 0 radical (unpaired) electrons. The van der Waals surface area contributed by atoms with Gasteiger partial charge < -0.3 is 25.0 Å². The van der Waals surface area contributed by atoms with Crippen LogP contribution in [0.3, 0.4) is 0 Å². The summed E-state index contributed by atoms with van der Waals surface area (Å²) in [6.07, 6.45) is 4.39. The molecule has 2 aromatic rings. The molecule has 290 valence electrons. The van der Waals surface area contributed by atoms with Crippen LogP contribution in [0.15, 0.2) is 65.6 Å². The van der Waals surface area contributed by atoms with Gasteiger partial charge in [0.25, 0.3) is 15.9 Å². The lowest BCUT2D eigenvalue weighted by molar-refractivity contribution is -0.141. The molecule has 0 bridgehead atoms. The van der Waals surface area contributed by atoms with Crippen LogP contribution in [-0.2, 0) is 47.0 Å². The zero-order chi connectivity index (χ0) is 38.8. The third kappa shape index (κ3) is 9.00. The van der Waals surface area contributed by atoms with E-state index in [4.69, 9.17) is 21.1 Å². The lowest BCUT2D eigenvalue weighted by Gasteiger charge is -2.30. The molecule has 0 aromatic heterocycles. The number of sulfonamides is 1. The highest BCUT2D eigenvalue weighted by Gasteiger charge is 2.61. The van der Waals surface area contributed by atoms with E-state index in [2.05, 4.69) is 15.4 Å². The smallest absolute Gasteiger partial charge is 0.410 e. The number of carbonyl (C=O) groups is 5. The molecule has 4 aliphatic rings. The van der Waals surface area contributed by atoms with E-state index in [9.17, 15) is 32.4 Å². The van der Waals surface area contributed by atoms with Crippen molar-refractivity contribution in [1.82, 2.24) is 25.2 Å². The largest absolute Gasteiger partial charge is 0.444 e. The number of allylic oxidation sites excluding steroid dienone is 1. The van der Waals surface area contributed by atoms with Crippen molar-refractivity contribution in [2.45, 2.75) is 113 Å². The lowest BCUT2D eigenvalue weighted by atomic mass is 10.0. The van der Waals surface area contributed by atoms with Crippen molar-refractivity contribution in [3.05, 3.63) is 76.8 Å². The Morgan fingerprint density at radius 3 is 2.33 bits per heavy atom. The first-order valence-corrected chi connectivity index (χ1v) is 20.0. The molecule has 16 heteroatoms. The predicted octanol–water partition coefficient (Wildman–Crippen LogP) is 4.56. The van der Waals surface area contributed by atoms with Crippen LogP contribution >= 0.6 is 11.6 Å². The molecule has 3 N–H and O–H groups in total. The van der Waals surface area contributed by atoms with Gasteiger partial charge in [0.15, 0.2) is 0 Å². The third-order valence-corrected chi connectivity index (χ3v) is 11.7. The third-order valence-electron chi connectivity index (χ3n) is 10.1. The van der Waals surface area contributed by atoms with E-state index in [1.165, 1.54) is 34.1 Å². The van der Waals surface area contributed by atoms with Gasteiger partial charge in [0.05, 0.1) is 11.4 Å². The Bertz CT molecular complexity index is 1910. The van der Waals surface area contributed by atoms with E-state index in [0.717, 1.165) is 24.0 Å². The van der Waals surface area contributed by atoms with Crippen LogP contribution in [0, 0.1) is 5.92 Å². The molecule has 3 aliphatic heterocycles. The molecule has 0 unspecified atom stereocenters. The van der Waals surface area contributed by atoms with E-state index in [0.29, 0.717) is 31.0 Å². The van der Waals surface area contributed by atoms with Gasteiger partial charge in [-0.2, -0.15) is 0 Å². The first-order chi connectivity index (χ1) is 25.5. The van der Waals surface area contributed by atoms with Gasteiger partial charge in [-0.3, -0.25) is 19.3 Å². The van der Waals surface area contributed by atoms with Crippen LogP contribution in [0.1, 0.15) is 76.8 Å². The standard InChI is InChI=1S/C38H46ClN5O9S/c1-37(2,3)53-35(48)40-30-14-8-6-4-5-7-13-26-20-38(26,34(47)42-54(50,51)29-17-15-27(39)16-18-29)41-32(45)31-19-28(23-44(31)33(30)46)52-36(49)43-21-24-11-9-10-12-25(24)22-43/h7,9-13,15-18,26,28,30-31H,4-6,8,14,19-23H2,1-3H3,(H,40,48)(H,41,45)(H,42,47)/t26-,28-,30-,31+,38-/m1/s1. The summed E-state index contributed by atoms with van der Waals surface area (Å²) in [6, 6.07) is 10.7. The average Bonchev–Trinajstić information content (AvgIpc) is 3.40. The second-order valence-electron chi connectivity index (χ2n) is 15.3. The molecule has 2 fully saturated rings. The number of alkyl carbamates (subject to hydrolysis) is 1. The van der Waals surface area contributed by atoms with Crippen LogP contribution in [0.4, 0.5) is 9.59 Å². The first-order valence-electron chi connectivity index (χ1n) is 18.2. The van der Waals surface area contributed by atoms with E-state index in [1.54, 1.807) is 26.8 Å².